The van der Waals surface area contributed by atoms with E-state index in [4.69, 9.17) is 14.6 Å². The molecule has 0 saturated carbocycles. The zero-order valence-corrected chi connectivity index (χ0v) is 10.5. The van der Waals surface area contributed by atoms with Crippen LogP contribution in [-0.2, 0) is 9.47 Å². The quantitative estimate of drug-likeness (QED) is 0.564. The van der Waals surface area contributed by atoms with Crippen molar-refractivity contribution in [2.24, 2.45) is 0 Å². The maximum absolute atomic E-state index is 8.46. The van der Waals surface area contributed by atoms with Crippen molar-refractivity contribution in [3.8, 4) is 0 Å². The first-order chi connectivity index (χ1) is 7.43. The van der Waals surface area contributed by atoms with Crippen molar-refractivity contribution in [2.75, 3.05) is 65.8 Å². The van der Waals surface area contributed by atoms with Crippen LogP contribution in [0.3, 0.4) is 0 Å². The fourth-order valence-electron chi connectivity index (χ4n) is 1.51. The van der Waals surface area contributed by atoms with Crippen LogP contribution in [0.2, 0.25) is 0 Å². The molecule has 0 atom stereocenters. The third-order valence-corrected chi connectivity index (χ3v) is 2.37. The topological polar surface area (TPSA) is 54.0 Å². The summed E-state index contributed by atoms with van der Waals surface area (Å²) < 4.78 is 10.5. The minimum atomic E-state index is 0. The average molecular weight is 255 g/mol. The van der Waals surface area contributed by atoms with Gasteiger partial charge in [0, 0.05) is 32.7 Å². The van der Waals surface area contributed by atoms with E-state index in [0.29, 0.717) is 19.8 Å². The summed E-state index contributed by atoms with van der Waals surface area (Å²) in [6.07, 6.45) is 0. The van der Waals surface area contributed by atoms with Crippen LogP contribution in [0.15, 0.2) is 0 Å². The molecule has 0 unspecified atom stereocenters. The van der Waals surface area contributed by atoms with Gasteiger partial charge in [-0.2, -0.15) is 0 Å². The van der Waals surface area contributed by atoms with Gasteiger partial charge in [0.15, 0.2) is 0 Å². The van der Waals surface area contributed by atoms with E-state index in [0.717, 1.165) is 39.3 Å². The zero-order chi connectivity index (χ0) is 10.8. The third-order valence-electron chi connectivity index (χ3n) is 2.37. The molecular weight excluding hydrogens is 232 g/mol. The molecule has 0 aromatic carbocycles. The normalized spacial score (nSPS) is 17.1. The van der Waals surface area contributed by atoms with Crippen molar-refractivity contribution in [1.82, 2.24) is 10.2 Å². The van der Waals surface area contributed by atoms with Crippen LogP contribution in [-0.4, -0.2) is 75.8 Å². The average Bonchev–Trinajstić information content (AvgIpc) is 2.29. The number of rotatable bonds is 8. The van der Waals surface area contributed by atoms with Crippen molar-refractivity contribution in [1.29, 1.82) is 0 Å². The van der Waals surface area contributed by atoms with E-state index in [9.17, 15) is 0 Å². The summed E-state index contributed by atoms with van der Waals surface area (Å²) in [6.45, 7) is 7.84. The van der Waals surface area contributed by atoms with Crippen LogP contribution < -0.4 is 5.32 Å². The molecule has 0 bridgehead atoms. The first kappa shape index (κ1) is 16.1. The van der Waals surface area contributed by atoms with E-state index in [1.54, 1.807) is 0 Å². The third kappa shape index (κ3) is 8.27. The van der Waals surface area contributed by atoms with Gasteiger partial charge in [-0.25, -0.2) is 0 Å². The number of hydrogen-bond acceptors (Lipinski definition) is 5. The van der Waals surface area contributed by atoms with Crippen LogP contribution in [0.1, 0.15) is 0 Å². The molecule has 98 valence electrons. The molecule has 16 heavy (non-hydrogen) atoms. The van der Waals surface area contributed by atoms with Gasteiger partial charge in [0.1, 0.15) is 0 Å². The van der Waals surface area contributed by atoms with Crippen LogP contribution in [0.4, 0.5) is 0 Å². The minimum absolute atomic E-state index is 0. The number of nitrogens with zero attached hydrogens (tertiary/aromatic N) is 1. The Kier molecular flexibility index (Phi) is 11.6. The molecule has 0 aliphatic carbocycles. The molecule has 0 amide bonds. The number of nitrogens with one attached hydrogen (secondary N) is 1. The Balaban J connectivity index is 0.00000225. The number of aliphatic hydroxyl groups excluding tert-OH is 1. The van der Waals surface area contributed by atoms with Gasteiger partial charge in [-0.05, 0) is 0 Å². The summed E-state index contributed by atoms with van der Waals surface area (Å²) in [4.78, 5) is 2.39. The van der Waals surface area contributed by atoms with E-state index >= 15 is 0 Å². The largest absolute Gasteiger partial charge is 0.394 e. The van der Waals surface area contributed by atoms with Gasteiger partial charge in [-0.15, -0.1) is 12.4 Å². The smallest absolute Gasteiger partial charge is 0.0701 e. The fourth-order valence-corrected chi connectivity index (χ4v) is 1.51. The van der Waals surface area contributed by atoms with E-state index in [1.807, 2.05) is 0 Å². The highest BCUT2D eigenvalue weighted by atomic mass is 35.5. The Morgan fingerprint density at radius 2 is 1.62 bits per heavy atom. The lowest BCUT2D eigenvalue weighted by molar-refractivity contribution is 0.0257. The molecule has 2 N–H and O–H groups in total. The van der Waals surface area contributed by atoms with E-state index < -0.39 is 0 Å². The highest BCUT2D eigenvalue weighted by Crippen LogP contribution is 1.91. The van der Waals surface area contributed by atoms with Gasteiger partial charge in [0.25, 0.3) is 0 Å². The second kappa shape index (κ2) is 11.6. The predicted octanol–water partition coefficient (Wildman–Crippen LogP) is -0.661. The Bertz CT molecular complexity index is 146. The number of ether oxygens (including phenoxy) is 2. The number of hydrogen-bond donors (Lipinski definition) is 2. The molecule has 0 aromatic rings. The molecule has 1 fully saturated rings. The van der Waals surface area contributed by atoms with Gasteiger partial charge < -0.3 is 19.9 Å². The van der Waals surface area contributed by atoms with E-state index in [1.165, 1.54) is 0 Å². The van der Waals surface area contributed by atoms with Crippen LogP contribution in [0.5, 0.6) is 0 Å². The summed E-state index contributed by atoms with van der Waals surface area (Å²) in [5, 5.41) is 11.8. The molecule has 1 heterocycles. The molecule has 1 rings (SSSR count). The first-order valence-electron chi connectivity index (χ1n) is 5.63. The molecular formula is C10H23ClN2O3. The number of piperazine rings is 1. The highest BCUT2D eigenvalue weighted by molar-refractivity contribution is 5.85. The van der Waals surface area contributed by atoms with Crippen molar-refractivity contribution in [3.63, 3.8) is 0 Å². The molecule has 0 radical (unpaired) electrons. The van der Waals surface area contributed by atoms with Gasteiger partial charge in [0.05, 0.1) is 33.0 Å². The van der Waals surface area contributed by atoms with Gasteiger partial charge in [0.2, 0.25) is 0 Å². The maximum atomic E-state index is 8.46. The summed E-state index contributed by atoms with van der Waals surface area (Å²) in [6, 6.07) is 0. The molecule has 1 saturated heterocycles. The lowest BCUT2D eigenvalue weighted by Gasteiger charge is -2.26. The van der Waals surface area contributed by atoms with Crippen LogP contribution in [0.25, 0.3) is 0 Å². The minimum Gasteiger partial charge on any atom is -0.394 e. The molecule has 1 aliphatic rings. The maximum Gasteiger partial charge on any atom is 0.0701 e. The van der Waals surface area contributed by atoms with Crippen LogP contribution in [0, 0.1) is 0 Å². The zero-order valence-electron chi connectivity index (χ0n) is 9.69. The SMILES string of the molecule is Cl.OCCOCCOCCN1CCNCC1. The number of aliphatic hydroxyl groups is 1. The lowest BCUT2D eigenvalue weighted by atomic mass is 10.4. The van der Waals surface area contributed by atoms with Crippen LogP contribution >= 0.6 is 12.4 Å². The Morgan fingerprint density at radius 3 is 2.25 bits per heavy atom. The van der Waals surface area contributed by atoms with Gasteiger partial charge in [-0.1, -0.05) is 0 Å². The van der Waals surface area contributed by atoms with Crippen molar-refractivity contribution in [2.45, 2.75) is 0 Å². The fraction of sp³-hybridized carbons (Fsp3) is 1.00. The summed E-state index contributed by atoms with van der Waals surface area (Å²) >= 11 is 0. The Hall–Kier alpha value is 0.0900. The van der Waals surface area contributed by atoms with Gasteiger partial charge >= 0.3 is 0 Å². The van der Waals surface area contributed by atoms with E-state index in [-0.39, 0.29) is 19.0 Å². The van der Waals surface area contributed by atoms with Crippen molar-refractivity contribution >= 4 is 12.4 Å². The highest BCUT2D eigenvalue weighted by Gasteiger charge is 2.07. The van der Waals surface area contributed by atoms with Crippen molar-refractivity contribution < 1.29 is 14.6 Å². The first-order valence-corrected chi connectivity index (χ1v) is 5.63. The molecule has 0 aromatic heterocycles. The second-order valence-corrected chi connectivity index (χ2v) is 3.54. The summed E-state index contributed by atoms with van der Waals surface area (Å²) in [7, 11) is 0. The summed E-state index contributed by atoms with van der Waals surface area (Å²) in [5.74, 6) is 0. The summed E-state index contributed by atoms with van der Waals surface area (Å²) in [5.41, 5.74) is 0. The second-order valence-electron chi connectivity index (χ2n) is 3.54. The molecule has 1 aliphatic heterocycles. The molecule has 0 spiro atoms. The van der Waals surface area contributed by atoms with Gasteiger partial charge in [-0.3, -0.25) is 4.90 Å². The van der Waals surface area contributed by atoms with Crippen molar-refractivity contribution in [3.05, 3.63) is 0 Å². The molecule has 5 nitrogen and oxygen atoms in total. The van der Waals surface area contributed by atoms with E-state index in [2.05, 4.69) is 10.2 Å². The number of halogens is 1. The predicted molar refractivity (Wildman–Crippen MR) is 65.3 cm³/mol. The Labute approximate surface area is 104 Å². The molecule has 6 heteroatoms. The lowest BCUT2D eigenvalue weighted by Crippen LogP contribution is -2.44. The standard InChI is InChI=1S/C10H22N2O3.ClH/c13-6-8-15-10-9-14-7-5-12-3-1-11-2-4-12;/h11,13H,1-10H2;1H. The monoisotopic (exact) mass is 254 g/mol. The Morgan fingerprint density at radius 1 is 1.00 bits per heavy atom.